The third kappa shape index (κ3) is 3.40. The molecule has 1 amide bonds. The molecule has 6 nitrogen and oxygen atoms in total. The van der Waals surface area contributed by atoms with Gasteiger partial charge in [-0.1, -0.05) is 17.7 Å². The monoisotopic (exact) mass is 380 g/mol. The minimum absolute atomic E-state index is 0.00733. The molecule has 1 aliphatic rings. The predicted octanol–water partition coefficient (Wildman–Crippen LogP) is 2.63. The van der Waals surface area contributed by atoms with E-state index in [0.717, 1.165) is 6.42 Å². The molecule has 1 aromatic heterocycles. The first-order valence-electron chi connectivity index (χ1n) is 8.86. The average Bonchev–Trinajstić information content (AvgIpc) is 2.94. The highest BCUT2D eigenvalue weighted by atomic mass is 35.5. The van der Waals surface area contributed by atoms with Gasteiger partial charge >= 0.3 is 5.69 Å². The summed E-state index contributed by atoms with van der Waals surface area (Å²) < 4.78 is 16.1. The van der Waals surface area contributed by atoms with Gasteiger partial charge in [0, 0.05) is 24.7 Å². The van der Waals surface area contributed by atoms with E-state index in [9.17, 15) is 14.0 Å². The van der Waals surface area contributed by atoms with Crippen molar-refractivity contribution in [1.29, 1.82) is 0 Å². The Bertz CT molecular complexity index is 873. The third-order valence-corrected chi connectivity index (χ3v) is 5.20. The zero-order valence-electron chi connectivity index (χ0n) is 14.9. The van der Waals surface area contributed by atoms with Crippen LogP contribution in [0.1, 0.15) is 44.0 Å². The summed E-state index contributed by atoms with van der Waals surface area (Å²) in [4.78, 5) is 27.3. The van der Waals surface area contributed by atoms with Crippen LogP contribution in [0.2, 0.25) is 5.02 Å². The van der Waals surface area contributed by atoms with Crippen LogP contribution >= 0.6 is 11.6 Å². The number of nitrogens with zero attached hydrogens (tertiary/aromatic N) is 4. The van der Waals surface area contributed by atoms with Crippen molar-refractivity contribution in [2.45, 2.75) is 45.7 Å². The van der Waals surface area contributed by atoms with Gasteiger partial charge in [0.25, 0.3) is 0 Å². The van der Waals surface area contributed by atoms with Gasteiger partial charge in [0.05, 0.1) is 12.5 Å². The van der Waals surface area contributed by atoms with Crippen LogP contribution in [0.4, 0.5) is 4.39 Å². The maximum atomic E-state index is 13.2. The van der Waals surface area contributed by atoms with Gasteiger partial charge in [-0.25, -0.2) is 13.9 Å². The lowest BCUT2D eigenvalue weighted by Crippen LogP contribution is -2.38. The lowest BCUT2D eigenvalue weighted by atomic mass is 9.97. The molecule has 0 aliphatic carbocycles. The number of carbonyl (C=O) groups excluding carboxylic acids is 1. The molecule has 1 unspecified atom stereocenters. The molecule has 0 radical (unpaired) electrons. The Morgan fingerprint density at radius 1 is 1.38 bits per heavy atom. The van der Waals surface area contributed by atoms with Gasteiger partial charge < -0.3 is 4.90 Å². The summed E-state index contributed by atoms with van der Waals surface area (Å²) >= 11 is 6.07. The summed E-state index contributed by atoms with van der Waals surface area (Å²) in [6.45, 7) is 5.82. The van der Waals surface area contributed by atoms with E-state index in [4.69, 9.17) is 11.6 Å². The molecule has 140 valence electrons. The van der Waals surface area contributed by atoms with Crippen molar-refractivity contribution in [2.24, 2.45) is 0 Å². The molecule has 1 aromatic carbocycles. The van der Waals surface area contributed by atoms with E-state index in [1.165, 1.54) is 16.8 Å². The summed E-state index contributed by atoms with van der Waals surface area (Å²) in [5, 5.41) is 4.68. The number of amides is 1. The fraction of sp³-hybridized carbons (Fsp3) is 0.500. The van der Waals surface area contributed by atoms with Crippen LogP contribution in [0.5, 0.6) is 0 Å². The van der Waals surface area contributed by atoms with Gasteiger partial charge in [0.15, 0.2) is 0 Å². The molecular formula is C18H22ClFN4O2. The Morgan fingerprint density at radius 2 is 2.12 bits per heavy atom. The lowest BCUT2D eigenvalue weighted by Gasteiger charge is -2.27. The molecule has 8 heteroatoms. The molecule has 0 saturated heterocycles. The van der Waals surface area contributed by atoms with Crippen molar-refractivity contribution in [1.82, 2.24) is 19.2 Å². The summed E-state index contributed by atoms with van der Waals surface area (Å²) in [5.41, 5.74) is 0.342. The van der Waals surface area contributed by atoms with E-state index in [1.807, 2.05) is 13.8 Å². The Morgan fingerprint density at radius 3 is 2.77 bits per heavy atom. The first kappa shape index (κ1) is 18.6. The zero-order valence-corrected chi connectivity index (χ0v) is 15.7. The molecule has 0 saturated carbocycles. The van der Waals surface area contributed by atoms with Crippen molar-refractivity contribution < 1.29 is 9.18 Å². The summed E-state index contributed by atoms with van der Waals surface area (Å²) in [7, 11) is 0. The first-order chi connectivity index (χ1) is 12.5. The zero-order chi connectivity index (χ0) is 18.8. The molecule has 0 fully saturated rings. The maximum Gasteiger partial charge on any atom is 0.346 e. The van der Waals surface area contributed by atoms with Crippen LogP contribution in [0.15, 0.2) is 23.0 Å². The molecule has 0 spiro atoms. The van der Waals surface area contributed by atoms with Crippen LogP contribution in [-0.2, 0) is 17.9 Å². The summed E-state index contributed by atoms with van der Waals surface area (Å²) in [6.07, 6.45) is 1.44. The standard InChI is InChI=1S/C18H22ClFN4O2/c1-3-22(4-2)17(25)14-6-5-9-23-16(14)21-24(18(23)26)11-12-7-8-13(20)10-15(12)19/h7-8,10,14H,3-6,9,11H2,1-2H3. The molecule has 1 aliphatic heterocycles. The van der Waals surface area contributed by atoms with Crippen LogP contribution in [0.3, 0.4) is 0 Å². The van der Waals surface area contributed by atoms with Crippen molar-refractivity contribution in [3.63, 3.8) is 0 Å². The second-order valence-electron chi connectivity index (χ2n) is 6.39. The maximum absolute atomic E-state index is 13.2. The fourth-order valence-corrected chi connectivity index (χ4v) is 3.64. The number of likely N-dealkylation sites (N-methyl/N-ethyl adjacent to an activating group) is 1. The average molecular weight is 381 g/mol. The van der Waals surface area contributed by atoms with Gasteiger partial charge in [-0.15, -0.1) is 0 Å². The van der Waals surface area contributed by atoms with Crippen LogP contribution in [0, 0.1) is 5.82 Å². The second-order valence-corrected chi connectivity index (χ2v) is 6.80. The molecule has 0 bridgehead atoms. The van der Waals surface area contributed by atoms with E-state index in [1.54, 1.807) is 15.5 Å². The van der Waals surface area contributed by atoms with Crippen LogP contribution < -0.4 is 5.69 Å². The fourth-order valence-electron chi connectivity index (χ4n) is 3.41. The van der Waals surface area contributed by atoms with Crippen LogP contribution in [0.25, 0.3) is 0 Å². The number of hydrogen-bond acceptors (Lipinski definition) is 3. The van der Waals surface area contributed by atoms with E-state index < -0.39 is 11.7 Å². The van der Waals surface area contributed by atoms with Gasteiger partial charge in [0.2, 0.25) is 5.91 Å². The van der Waals surface area contributed by atoms with E-state index in [-0.39, 0.29) is 23.2 Å². The van der Waals surface area contributed by atoms with Crippen molar-refractivity contribution in [2.75, 3.05) is 13.1 Å². The third-order valence-electron chi connectivity index (χ3n) is 4.85. The number of halogens is 2. The Kier molecular flexibility index (Phi) is 5.46. The van der Waals surface area contributed by atoms with Gasteiger partial charge in [-0.05, 0) is 44.4 Å². The van der Waals surface area contributed by atoms with E-state index in [0.29, 0.717) is 37.4 Å². The molecule has 2 aromatic rings. The molecule has 0 N–H and O–H groups in total. The molecule has 2 heterocycles. The largest absolute Gasteiger partial charge is 0.346 e. The van der Waals surface area contributed by atoms with Gasteiger partial charge in [-0.3, -0.25) is 9.36 Å². The minimum Gasteiger partial charge on any atom is -0.343 e. The number of fused-ring (bicyclic) bond motifs is 1. The Balaban J connectivity index is 1.94. The highest BCUT2D eigenvalue weighted by Crippen LogP contribution is 2.27. The molecule has 26 heavy (non-hydrogen) atoms. The van der Waals surface area contributed by atoms with Crippen LogP contribution in [-0.4, -0.2) is 38.2 Å². The number of aromatic nitrogens is 3. The Hall–Kier alpha value is -2.15. The van der Waals surface area contributed by atoms with E-state index in [2.05, 4.69) is 5.10 Å². The van der Waals surface area contributed by atoms with E-state index >= 15 is 0 Å². The quantitative estimate of drug-likeness (QED) is 0.801. The van der Waals surface area contributed by atoms with Gasteiger partial charge in [0.1, 0.15) is 11.6 Å². The Labute approximate surface area is 156 Å². The smallest absolute Gasteiger partial charge is 0.343 e. The number of rotatable bonds is 5. The summed E-state index contributed by atoms with van der Waals surface area (Å²) in [6, 6.07) is 4.06. The van der Waals surface area contributed by atoms with Gasteiger partial charge in [-0.2, -0.15) is 5.10 Å². The van der Waals surface area contributed by atoms with Crippen molar-refractivity contribution in [3.05, 3.63) is 50.9 Å². The minimum atomic E-state index is -0.430. The highest BCUT2D eigenvalue weighted by Gasteiger charge is 2.33. The normalized spacial score (nSPS) is 16.4. The summed E-state index contributed by atoms with van der Waals surface area (Å²) in [5.74, 6) is -0.314. The highest BCUT2D eigenvalue weighted by molar-refractivity contribution is 6.31. The number of benzene rings is 1. The first-order valence-corrected chi connectivity index (χ1v) is 9.24. The second kappa shape index (κ2) is 7.61. The topological polar surface area (TPSA) is 60.1 Å². The lowest BCUT2D eigenvalue weighted by molar-refractivity contribution is -0.133. The van der Waals surface area contributed by atoms with Crippen molar-refractivity contribution in [3.8, 4) is 0 Å². The molecular weight excluding hydrogens is 359 g/mol. The number of hydrogen-bond donors (Lipinski definition) is 0. The van der Waals surface area contributed by atoms with Crippen molar-refractivity contribution >= 4 is 17.5 Å². The predicted molar refractivity (Wildman–Crippen MR) is 96.9 cm³/mol. The molecule has 3 rings (SSSR count). The SMILES string of the molecule is CCN(CC)C(=O)C1CCCn2c1nn(Cc1ccc(F)cc1Cl)c2=O. The molecule has 1 atom stereocenters. The number of carbonyl (C=O) groups is 1.